The van der Waals surface area contributed by atoms with Crippen molar-refractivity contribution >= 4 is 16.9 Å². The zero-order chi connectivity index (χ0) is 15.7. The largest absolute Gasteiger partial charge is 0.388 e. The Morgan fingerprint density at radius 1 is 1.36 bits per heavy atom. The first-order valence-corrected chi connectivity index (χ1v) is 7.92. The molecule has 0 bridgehead atoms. The number of imidazole rings is 1. The molecule has 1 fully saturated rings. The number of hydrogen-bond acceptors (Lipinski definition) is 3. The Balaban J connectivity index is 1.72. The summed E-state index contributed by atoms with van der Waals surface area (Å²) in [7, 11) is 1.96. The minimum Gasteiger partial charge on any atom is -0.388 e. The molecule has 1 aliphatic rings. The molecule has 1 aromatic carbocycles. The number of nitrogens with zero attached hydrogens (tertiary/aromatic N) is 2. The molecule has 0 aliphatic heterocycles. The normalized spacial score (nSPS) is 17.6. The second-order valence-electron chi connectivity index (χ2n) is 6.39. The molecule has 1 aromatic heterocycles. The number of fused-ring (bicyclic) bond motifs is 1. The molecule has 1 amide bonds. The molecule has 1 saturated carbocycles. The topological polar surface area (TPSA) is 67.2 Å². The molecule has 0 radical (unpaired) electrons. The molecular weight excluding hydrogens is 278 g/mol. The number of amides is 1. The molecule has 1 heterocycles. The standard InChI is InChI=1S/C17H23N3O2/c1-12-19-14-10-13(6-7-15(14)20(12)2)16(21)18-11-17(22)8-4-3-5-9-17/h6-7,10,22H,3-5,8-9,11H2,1-2H3,(H,18,21). The van der Waals surface area contributed by atoms with Gasteiger partial charge in [-0.2, -0.15) is 0 Å². The number of aromatic nitrogens is 2. The summed E-state index contributed by atoms with van der Waals surface area (Å²) in [6.45, 7) is 2.27. The van der Waals surface area contributed by atoms with Crippen molar-refractivity contribution in [2.75, 3.05) is 6.54 Å². The lowest BCUT2D eigenvalue weighted by Crippen LogP contribution is -2.44. The van der Waals surface area contributed by atoms with Gasteiger partial charge in [0.25, 0.3) is 5.91 Å². The third-order valence-electron chi connectivity index (χ3n) is 4.73. The first-order chi connectivity index (χ1) is 10.5. The Kier molecular flexibility index (Phi) is 3.91. The van der Waals surface area contributed by atoms with Crippen molar-refractivity contribution in [2.45, 2.75) is 44.6 Å². The summed E-state index contributed by atoms with van der Waals surface area (Å²) in [4.78, 5) is 16.8. The molecular formula is C17H23N3O2. The van der Waals surface area contributed by atoms with Crippen LogP contribution in [0.3, 0.4) is 0 Å². The van der Waals surface area contributed by atoms with Crippen molar-refractivity contribution in [3.05, 3.63) is 29.6 Å². The summed E-state index contributed by atoms with van der Waals surface area (Å²) < 4.78 is 2.00. The van der Waals surface area contributed by atoms with E-state index in [-0.39, 0.29) is 5.91 Å². The van der Waals surface area contributed by atoms with Gasteiger partial charge in [-0.15, -0.1) is 0 Å². The van der Waals surface area contributed by atoms with Crippen LogP contribution in [-0.2, 0) is 7.05 Å². The van der Waals surface area contributed by atoms with Crippen LogP contribution in [0.4, 0.5) is 0 Å². The number of rotatable bonds is 3. The van der Waals surface area contributed by atoms with Gasteiger partial charge in [-0.25, -0.2) is 4.98 Å². The Bertz CT molecular complexity index is 699. The molecule has 0 atom stereocenters. The lowest BCUT2D eigenvalue weighted by molar-refractivity contribution is 0.00526. The molecule has 1 aliphatic carbocycles. The maximum atomic E-state index is 12.3. The molecule has 118 valence electrons. The molecule has 0 saturated heterocycles. The molecule has 5 heteroatoms. The van der Waals surface area contributed by atoms with Gasteiger partial charge in [-0.3, -0.25) is 4.79 Å². The molecule has 2 N–H and O–H groups in total. The number of aliphatic hydroxyl groups is 1. The number of nitrogens with one attached hydrogen (secondary N) is 1. The Hall–Kier alpha value is -1.88. The van der Waals surface area contributed by atoms with Gasteiger partial charge in [0, 0.05) is 19.2 Å². The summed E-state index contributed by atoms with van der Waals surface area (Å²) in [5.74, 6) is 0.772. The van der Waals surface area contributed by atoms with E-state index in [2.05, 4.69) is 10.3 Å². The second-order valence-corrected chi connectivity index (χ2v) is 6.39. The van der Waals surface area contributed by atoms with Gasteiger partial charge in [0.1, 0.15) is 5.82 Å². The van der Waals surface area contributed by atoms with Crippen LogP contribution in [0.2, 0.25) is 0 Å². The highest BCUT2D eigenvalue weighted by Gasteiger charge is 2.29. The summed E-state index contributed by atoms with van der Waals surface area (Å²) in [6, 6.07) is 5.53. The van der Waals surface area contributed by atoms with Gasteiger partial charge in [-0.05, 0) is 38.0 Å². The van der Waals surface area contributed by atoms with Gasteiger partial charge in [0.2, 0.25) is 0 Å². The highest BCUT2D eigenvalue weighted by molar-refractivity contribution is 5.97. The second kappa shape index (κ2) is 5.72. The van der Waals surface area contributed by atoms with Crippen LogP contribution < -0.4 is 5.32 Å². The van der Waals surface area contributed by atoms with E-state index in [1.165, 1.54) is 6.42 Å². The molecule has 22 heavy (non-hydrogen) atoms. The Morgan fingerprint density at radius 3 is 2.82 bits per heavy atom. The molecule has 2 aromatic rings. The van der Waals surface area contributed by atoms with Crippen molar-refractivity contribution in [3.8, 4) is 0 Å². The predicted octanol–water partition coefficient (Wildman–Crippen LogP) is 2.31. The van der Waals surface area contributed by atoms with Crippen LogP contribution in [-0.4, -0.2) is 32.7 Å². The van der Waals surface area contributed by atoms with Gasteiger partial charge >= 0.3 is 0 Å². The minimum atomic E-state index is -0.737. The van der Waals surface area contributed by atoms with Crippen molar-refractivity contribution in [2.24, 2.45) is 7.05 Å². The van der Waals surface area contributed by atoms with Gasteiger partial charge in [0.05, 0.1) is 16.6 Å². The first-order valence-electron chi connectivity index (χ1n) is 7.92. The first kappa shape index (κ1) is 15.0. The Morgan fingerprint density at radius 2 is 2.09 bits per heavy atom. The highest BCUT2D eigenvalue weighted by Crippen LogP contribution is 2.27. The van der Waals surface area contributed by atoms with Crippen LogP contribution in [0, 0.1) is 6.92 Å². The summed E-state index contributed by atoms with van der Waals surface area (Å²) in [5.41, 5.74) is 1.69. The maximum absolute atomic E-state index is 12.3. The lowest BCUT2D eigenvalue weighted by atomic mass is 9.85. The lowest BCUT2D eigenvalue weighted by Gasteiger charge is -2.32. The fourth-order valence-corrected chi connectivity index (χ4v) is 3.20. The monoisotopic (exact) mass is 301 g/mol. The van der Waals surface area contributed by atoms with E-state index in [0.717, 1.165) is 42.5 Å². The Labute approximate surface area is 130 Å². The minimum absolute atomic E-state index is 0.149. The molecule has 0 unspecified atom stereocenters. The predicted molar refractivity (Wildman–Crippen MR) is 85.8 cm³/mol. The fourth-order valence-electron chi connectivity index (χ4n) is 3.20. The third-order valence-corrected chi connectivity index (χ3v) is 4.73. The van der Waals surface area contributed by atoms with Crippen molar-refractivity contribution in [1.82, 2.24) is 14.9 Å². The highest BCUT2D eigenvalue weighted by atomic mass is 16.3. The third kappa shape index (κ3) is 2.86. The van der Waals surface area contributed by atoms with E-state index < -0.39 is 5.60 Å². The van der Waals surface area contributed by atoms with Crippen LogP contribution in [0.5, 0.6) is 0 Å². The van der Waals surface area contributed by atoms with Crippen molar-refractivity contribution in [3.63, 3.8) is 0 Å². The van der Waals surface area contributed by atoms with Crippen molar-refractivity contribution < 1.29 is 9.90 Å². The summed E-state index contributed by atoms with van der Waals surface area (Å²) >= 11 is 0. The van der Waals surface area contributed by atoms with Crippen LogP contribution in [0.1, 0.15) is 48.3 Å². The van der Waals surface area contributed by atoms with Gasteiger partial charge in [-0.1, -0.05) is 19.3 Å². The van der Waals surface area contributed by atoms with E-state index >= 15 is 0 Å². The smallest absolute Gasteiger partial charge is 0.251 e. The van der Waals surface area contributed by atoms with E-state index in [0.29, 0.717) is 12.1 Å². The van der Waals surface area contributed by atoms with Crippen molar-refractivity contribution in [1.29, 1.82) is 0 Å². The van der Waals surface area contributed by atoms with Gasteiger partial charge in [0.15, 0.2) is 0 Å². The molecule has 0 spiro atoms. The van der Waals surface area contributed by atoms with Crippen LogP contribution in [0.15, 0.2) is 18.2 Å². The summed E-state index contributed by atoms with van der Waals surface area (Å²) in [5, 5.41) is 13.3. The average molecular weight is 301 g/mol. The number of benzene rings is 1. The number of aryl methyl sites for hydroxylation is 2. The average Bonchev–Trinajstić information content (AvgIpc) is 2.80. The quantitative estimate of drug-likeness (QED) is 0.914. The maximum Gasteiger partial charge on any atom is 0.251 e. The fraction of sp³-hybridized carbons (Fsp3) is 0.529. The van der Waals surface area contributed by atoms with Crippen LogP contribution in [0.25, 0.3) is 11.0 Å². The van der Waals surface area contributed by atoms with E-state index in [1.54, 1.807) is 0 Å². The molecule has 5 nitrogen and oxygen atoms in total. The summed E-state index contributed by atoms with van der Waals surface area (Å²) in [6.07, 6.45) is 4.78. The number of hydrogen-bond donors (Lipinski definition) is 2. The van der Waals surface area contributed by atoms with E-state index in [4.69, 9.17) is 0 Å². The molecule has 3 rings (SSSR count). The van der Waals surface area contributed by atoms with Crippen LogP contribution >= 0.6 is 0 Å². The van der Waals surface area contributed by atoms with E-state index in [1.807, 2.05) is 36.7 Å². The van der Waals surface area contributed by atoms with E-state index in [9.17, 15) is 9.90 Å². The zero-order valence-corrected chi connectivity index (χ0v) is 13.2. The number of carbonyl (C=O) groups is 1. The zero-order valence-electron chi connectivity index (χ0n) is 13.2. The van der Waals surface area contributed by atoms with Gasteiger partial charge < -0.3 is 15.0 Å². The number of carbonyl (C=O) groups excluding carboxylic acids is 1. The SMILES string of the molecule is Cc1nc2cc(C(=O)NCC3(O)CCCCC3)ccc2n1C.